The molecule has 0 N–H and O–H groups in total. The minimum absolute atomic E-state index is 0.0994. The molecule has 1 aromatic carbocycles. The normalized spacial score (nSPS) is 13.7. The highest BCUT2D eigenvalue weighted by Crippen LogP contribution is 2.37. The summed E-state index contributed by atoms with van der Waals surface area (Å²) in [5.74, 6) is -1.29. The Labute approximate surface area is 164 Å². The van der Waals surface area contributed by atoms with Crippen LogP contribution in [-0.2, 0) is 17.6 Å². The zero-order valence-electron chi connectivity index (χ0n) is 14.1. The topological polar surface area (TPSA) is 43.4 Å². The van der Waals surface area contributed by atoms with Crippen LogP contribution in [0.2, 0.25) is 10.0 Å². The zero-order valence-corrected chi connectivity index (χ0v) is 16.4. The van der Waals surface area contributed by atoms with Crippen LogP contribution >= 0.6 is 34.5 Å². The number of ether oxygens (including phenoxy) is 1. The lowest BCUT2D eigenvalue weighted by molar-refractivity contribution is 0.0605. The molecule has 7 heteroatoms. The standard InChI is InChI=1S/C19H15Cl2FO3S/c1-9(10-7-13(20)16(22)14(21)8-10)6-15(23)17-11-4-3-5-12(11)18(26-17)19(24)25-2/h6-8H,3-5H2,1-2H3/b9-6-. The third-order valence-corrected chi connectivity index (χ3v) is 6.17. The number of hydrogen-bond acceptors (Lipinski definition) is 4. The molecule has 0 saturated carbocycles. The summed E-state index contributed by atoms with van der Waals surface area (Å²) in [6.45, 7) is 1.73. The lowest BCUT2D eigenvalue weighted by Crippen LogP contribution is -2.00. The summed E-state index contributed by atoms with van der Waals surface area (Å²) < 4.78 is 18.4. The lowest BCUT2D eigenvalue weighted by atomic mass is 10.0. The molecule has 0 spiro atoms. The third-order valence-electron chi connectivity index (χ3n) is 4.35. The number of carbonyl (C=O) groups is 2. The van der Waals surface area contributed by atoms with Gasteiger partial charge >= 0.3 is 5.97 Å². The molecule has 1 aliphatic carbocycles. The van der Waals surface area contributed by atoms with E-state index in [0.29, 0.717) is 20.9 Å². The number of benzene rings is 1. The SMILES string of the molecule is COC(=O)c1sc(C(=O)/C=C(/C)c2cc(Cl)c(F)c(Cl)c2)c2c1CCC2. The molecule has 0 saturated heterocycles. The van der Waals surface area contributed by atoms with Crippen molar-refractivity contribution in [3.63, 3.8) is 0 Å². The van der Waals surface area contributed by atoms with E-state index in [9.17, 15) is 14.0 Å². The highest BCUT2D eigenvalue weighted by molar-refractivity contribution is 7.16. The van der Waals surface area contributed by atoms with Crippen LogP contribution in [0.1, 0.15) is 49.4 Å². The Morgan fingerprint density at radius 2 is 1.73 bits per heavy atom. The van der Waals surface area contributed by atoms with E-state index in [1.54, 1.807) is 6.92 Å². The van der Waals surface area contributed by atoms with E-state index in [1.165, 1.54) is 36.7 Å². The molecule has 0 radical (unpaired) electrons. The van der Waals surface area contributed by atoms with Gasteiger partial charge in [0.2, 0.25) is 0 Å². The first kappa shape index (κ1) is 19.1. The van der Waals surface area contributed by atoms with Crippen LogP contribution in [-0.4, -0.2) is 18.9 Å². The Morgan fingerprint density at radius 3 is 2.31 bits per heavy atom. The van der Waals surface area contributed by atoms with Crippen LogP contribution in [0.4, 0.5) is 4.39 Å². The minimum Gasteiger partial charge on any atom is -0.465 e. The smallest absolute Gasteiger partial charge is 0.348 e. The second-order valence-corrected chi connectivity index (χ2v) is 7.84. The molecule has 0 bridgehead atoms. The Hall–Kier alpha value is -1.69. The van der Waals surface area contributed by atoms with Crippen LogP contribution in [0, 0.1) is 5.82 Å². The highest BCUT2D eigenvalue weighted by atomic mass is 35.5. The van der Waals surface area contributed by atoms with Gasteiger partial charge in [0.1, 0.15) is 4.88 Å². The number of hydrogen-bond donors (Lipinski definition) is 0. The predicted molar refractivity (Wildman–Crippen MR) is 102 cm³/mol. The molecule has 0 amide bonds. The number of methoxy groups -OCH3 is 1. The molecule has 0 unspecified atom stereocenters. The molecule has 1 heterocycles. The molecule has 136 valence electrons. The largest absolute Gasteiger partial charge is 0.465 e. The first-order valence-electron chi connectivity index (χ1n) is 7.93. The molecule has 2 aromatic rings. The quantitative estimate of drug-likeness (QED) is 0.277. The van der Waals surface area contributed by atoms with Crippen LogP contribution in [0.3, 0.4) is 0 Å². The van der Waals surface area contributed by atoms with Gasteiger partial charge in [-0.25, -0.2) is 9.18 Å². The third kappa shape index (κ3) is 3.43. The molecule has 3 nitrogen and oxygen atoms in total. The second kappa shape index (κ2) is 7.51. The Kier molecular flexibility index (Phi) is 5.51. The van der Waals surface area contributed by atoms with Gasteiger partial charge in [-0.3, -0.25) is 4.79 Å². The van der Waals surface area contributed by atoms with Crippen LogP contribution < -0.4 is 0 Å². The Bertz CT molecular complexity index is 923. The summed E-state index contributed by atoms with van der Waals surface area (Å²) >= 11 is 12.8. The maximum atomic E-state index is 13.6. The first-order valence-corrected chi connectivity index (χ1v) is 9.51. The van der Waals surface area contributed by atoms with Gasteiger partial charge in [-0.05, 0) is 66.7 Å². The summed E-state index contributed by atoms with van der Waals surface area (Å²) in [6.07, 6.45) is 3.92. The van der Waals surface area contributed by atoms with Gasteiger partial charge in [-0.1, -0.05) is 23.2 Å². The summed E-state index contributed by atoms with van der Waals surface area (Å²) in [5.41, 5.74) is 3.03. The molecule has 3 rings (SSSR count). The van der Waals surface area contributed by atoms with Crippen molar-refractivity contribution in [1.82, 2.24) is 0 Å². The fourth-order valence-corrected chi connectivity index (χ4v) is 4.77. The first-order chi connectivity index (χ1) is 12.3. The fourth-order valence-electron chi connectivity index (χ4n) is 3.06. The van der Waals surface area contributed by atoms with Crippen LogP contribution in [0.15, 0.2) is 18.2 Å². The van der Waals surface area contributed by atoms with E-state index in [0.717, 1.165) is 30.4 Å². The van der Waals surface area contributed by atoms with Gasteiger partial charge in [0.05, 0.1) is 22.0 Å². The van der Waals surface area contributed by atoms with Gasteiger partial charge in [-0.15, -0.1) is 11.3 Å². The molecule has 26 heavy (non-hydrogen) atoms. The van der Waals surface area contributed by atoms with Crippen molar-refractivity contribution in [2.75, 3.05) is 7.11 Å². The number of fused-ring (bicyclic) bond motifs is 1. The number of carbonyl (C=O) groups excluding carboxylic acids is 2. The number of allylic oxidation sites excluding steroid dienone is 2. The molecular weight excluding hydrogens is 398 g/mol. The number of halogens is 3. The monoisotopic (exact) mass is 412 g/mol. The van der Waals surface area contributed by atoms with Crippen molar-refractivity contribution in [2.45, 2.75) is 26.2 Å². The van der Waals surface area contributed by atoms with Gasteiger partial charge in [0.15, 0.2) is 11.6 Å². The molecule has 1 aliphatic rings. The van der Waals surface area contributed by atoms with Crippen molar-refractivity contribution < 1.29 is 18.7 Å². The van der Waals surface area contributed by atoms with Crippen molar-refractivity contribution in [3.8, 4) is 0 Å². The number of esters is 1. The molecule has 0 fully saturated rings. The number of thiophene rings is 1. The van der Waals surface area contributed by atoms with E-state index in [4.69, 9.17) is 27.9 Å². The molecule has 0 aliphatic heterocycles. The van der Waals surface area contributed by atoms with Crippen molar-refractivity contribution >= 4 is 51.9 Å². The van der Waals surface area contributed by atoms with Crippen LogP contribution in [0.25, 0.3) is 5.57 Å². The van der Waals surface area contributed by atoms with E-state index in [1.807, 2.05) is 0 Å². The Balaban J connectivity index is 1.98. The highest BCUT2D eigenvalue weighted by Gasteiger charge is 2.28. The van der Waals surface area contributed by atoms with Gasteiger partial charge in [-0.2, -0.15) is 0 Å². The average molecular weight is 413 g/mol. The van der Waals surface area contributed by atoms with Gasteiger partial charge in [0, 0.05) is 0 Å². The minimum atomic E-state index is -0.685. The summed E-state index contributed by atoms with van der Waals surface area (Å²) in [7, 11) is 1.33. The van der Waals surface area contributed by atoms with Gasteiger partial charge < -0.3 is 4.74 Å². The maximum Gasteiger partial charge on any atom is 0.348 e. The molecule has 0 atom stereocenters. The maximum absolute atomic E-state index is 13.6. The lowest BCUT2D eigenvalue weighted by Gasteiger charge is -2.05. The van der Waals surface area contributed by atoms with E-state index < -0.39 is 11.8 Å². The number of ketones is 1. The molecular formula is C19H15Cl2FO3S. The molecule has 1 aromatic heterocycles. The number of rotatable bonds is 4. The predicted octanol–water partition coefficient (Wildman–Crippen LogP) is 5.76. The second-order valence-electron chi connectivity index (χ2n) is 6.01. The Morgan fingerprint density at radius 1 is 1.15 bits per heavy atom. The average Bonchev–Trinajstić information content (AvgIpc) is 3.20. The summed E-state index contributed by atoms with van der Waals surface area (Å²) in [4.78, 5) is 25.8. The van der Waals surface area contributed by atoms with Gasteiger partial charge in [0.25, 0.3) is 0 Å². The van der Waals surface area contributed by atoms with E-state index in [-0.39, 0.29) is 15.8 Å². The summed E-state index contributed by atoms with van der Waals surface area (Å²) in [6, 6.07) is 2.86. The van der Waals surface area contributed by atoms with Crippen LogP contribution in [0.5, 0.6) is 0 Å². The van der Waals surface area contributed by atoms with Crippen molar-refractivity contribution in [1.29, 1.82) is 0 Å². The zero-order chi connectivity index (χ0) is 19.0. The van der Waals surface area contributed by atoms with E-state index in [2.05, 4.69) is 0 Å². The fraction of sp³-hybridized carbons (Fsp3) is 0.263. The van der Waals surface area contributed by atoms with E-state index >= 15 is 0 Å². The van der Waals surface area contributed by atoms with Crippen molar-refractivity contribution in [2.24, 2.45) is 0 Å². The van der Waals surface area contributed by atoms with Crippen molar-refractivity contribution in [3.05, 3.63) is 60.5 Å². The summed E-state index contributed by atoms with van der Waals surface area (Å²) in [5, 5.41) is -0.199.